The fourth-order valence-corrected chi connectivity index (χ4v) is 6.88. The number of hydrogen-bond donors (Lipinski definition) is 0. The standard InChI is InChI=1S/C45H32O/c1-3-15-33(28-30(2)31-16-6-4-7-17-31)34-26-27-39-42(29-34)46-41-25-14-24-40(45(39)41)44-37-22-12-10-20-35(37)43(32-18-8-5-9-19-32)36-21-11-13-23-38(36)44/h3-29H,2H2,1H3/b15-3-,33-28+. The Hall–Kier alpha value is -5.92. The van der Waals surface area contributed by atoms with Gasteiger partial charge in [-0.3, -0.25) is 0 Å². The Balaban J connectivity index is 1.36. The Morgan fingerprint density at radius 3 is 1.80 bits per heavy atom. The Morgan fingerprint density at radius 1 is 0.543 bits per heavy atom. The molecule has 1 nitrogen and oxygen atoms in total. The SMILES string of the molecule is C=C(/C=C(\C=C/C)c1ccc2c(c1)oc1cccc(-c3c4ccccc4c(-c4ccccc4)c4ccccc34)c12)c1ccccc1. The van der Waals surface area contributed by atoms with Gasteiger partial charge in [-0.05, 0) is 97.3 Å². The van der Waals surface area contributed by atoms with E-state index in [4.69, 9.17) is 4.42 Å². The Morgan fingerprint density at radius 2 is 1.15 bits per heavy atom. The van der Waals surface area contributed by atoms with Crippen molar-refractivity contribution >= 4 is 54.6 Å². The normalized spacial score (nSPS) is 12.2. The van der Waals surface area contributed by atoms with Crippen LogP contribution in [-0.2, 0) is 0 Å². The second-order valence-corrected chi connectivity index (χ2v) is 11.7. The molecule has 7 aromatic carbocycles. The molecular weight excluding hydrogens is 556 g/mol. The van der Waals surface area contributed by atoms with Gasteiger partial charge in [-0.15, -0.1) is 0 Å². The molecule has 0 amide bonds. The van der Waals surface area contributed by atoms with Crippen LogP contribution in [-0.4, -0.2) is 0 Å². The summed E-state index contributed by atoms with van der Waals surface area (Å²) < 4.78 is 6.62. The first kappa shape index (κ1) is 27.6. The number of allylic oxidation sites excluding steroid dienone is 5. The Labute approximate surface area is 269 Å². The van der Waals surface area contributed by atoms with Gasteiger partial charge in [0.05, 0.1) is 0 Å². The topological polar surface area (TPSA) is 13.1 Å². The van der Waals surface area contributed by atoms with Gasteiger partial charge in [0.2, 0.25) is 0 Å². The molecule has 0 N–H and O–H groups in total. The highest BCUT2D eigenvalue weighted by Crippen LogP contribution is 2.47. The first-order valence-electron chi connectivity index (χ1n) is 15.7. The molecule has 1 aromatic heterocycles. The minimum absolute atomic E-state index is 0.871. The summed E-state index contributed by atoms with van der Waals surface area (Å²) in [6.45, 7) is 6.40. The fourth-order valence-electron chi connectivity index (χ4n) is 6.88. The van der Waals surface area contributed by atoms with Crippen LogP contribution in [0.2, 0.25) is 0 Å². The van der Waals surface area contributed by atoms with Gasteiger partial charge in [-0.2, -0.15) is 0 Å². The third-order valence-corrected chi connectivity index (χ3v) is 8.91. The van der Waals surface area contributed by atoms with Crippen LogP contribution in [0.3, 0.4) is 0 Å². The van der Waals surface area contributed by atoms with Crippen LogP contribution >= 0.6 is 0 Å². The van der Waals surface area contributed by atoms with Gasteiger partial charge in [0.25, 0.3) is 0 Å². The molecule has 0 radical (unpaired) electrons. The molecule has 8 rings (SSSR count). The molecule has 0 saturated carbocycles. The quantitative estimate of drug-likeness (QED) is 0.139. The van der Waals surface area contributed by atoms with Crippen LogP contribution in [0.4, 0.5) is 0 Å². The molecule has 46 heavy (non-hydrogen) atoms. The first-order chi connectivity index (χ1) is 22.7. The van der Waals surface area contributed by atoms with E-state index in [0.29, 0.717) is 0 Å². The van der Waals surface area contributed by atoms with Gasteiger partial charge in [0.1, 0.15) is 11.2 Å². The maximum atomic E-state index is 6.62. The van der Waals surface area contributed by atoms with Crippen molar-refractivity contribution in [3.05, 3.63) is 182 Å². The molecule has 0 aliphatic rings. The maximum absolute atomic E-state index is 6.62. The lowest BCUT2D eigenvalue weighted by Gasteiger charge is -2.18. The van der Waals surface area contributed by atoms with Gasteiger partial charge >= 0.3 is 0 Å². The van der Waals surface area contributed by atoms with Gasteiger partial charge in [-0.1, -0.05) is 146 Å². The zero-order valence-corrected chi connectivity index (χ0v) is 25.7. The van der Waals surface area contributed by atoms with Crippen LogP contribution in [0.25, 0.3) is 76.9 Å². The number of benzene rings is 7. The van der Waals surface area contributed by atoms with Crippen molar-refractivity contribution in [2.75, 3.05) is 0 Å². The van der Waals surface area contributed by atoms with Crippen molar-refractivity contribution in [2.45, 2.75) is 6.92 Å². The average Bonchev–Trinajstić information content (AvgIpc) is 3.49. The molecule has 0 fully saturated rings. The van der Waals surface area contributed by atoms with Crippen LogP contribution in [0.15, 0.2) is 175 Å². The molecule has 0 saturated heterocycles. The van der Waals surface area contributed by atoms with Crippen LogP contribution in [0.5, 0.6) is 0 Å². The summed E-state index contributed by atoms with van der Waals surface area (Å²) in [6, 6.07) is 51.7. The van der Waals surface area contributed by atoms with Crippen molar-refractivity contribution in [3.8, 4) is 22.3 Å². The second kappa shape index (κ2) is 11.5. The predicted molar refractivity (Wildman–Crippen MR) is 198 cm³/mol. The van der Waals surface area contributed by atoms with Crippen molar-refractivity contribution in [1.29, 1.82) is 0 Å². The van der Waals surface area contributed by atoms with E-state index in [1.165, 1.54) is 43.8 Å². The molecular formula is C45H32O. The van der Waals surface area contributed by atoms with E-state index < -0.39 is 0 Å². The summed E-state index contributed by atoms with van der Waals surface area (Å²) in [5, 5.41) is 7.20. The van der Waals surface area contributed by atoms with Crippen molar-refractivity contribution in [1.82, 2.24) is 0 Å². The number of hydrogen-bond acceptors (Lipinski definition) is 1. The molecule has 1 heteroatoms. The molecule has 0 bridgehead atoms. The molecule has 0 unspecified atom stereocenters. The van der Waals surface area contributed by atoms with E-state index in [1.807, 2.05) is 25.1 Å². The molecule has 218 valence electrons. The van der Waals surface area contributed by atoms with E-state index in [2.05, 4.69) is 152 Å². The van der Waals surface area contributed by atoms with Gasteiger partial charge < -0.3 is 4.42 Å². The third kappa shape index (κ3) is 4.65. The average molecular weight is 589 g/mol. The van der Waals surface area contributed by atoms with Crippen LogP contribution in [0.1, 0.15) is 18.1 Å². The van der Waals surface area contributed by atoms with Crippen LogP contribution < -0.4 is 0 Å². The molecule has 0 aliphatic heterocycles. The van der Waals surface area contributed by atoms with E-state index in [-0.39, 0.29) is 0 Å². The van der Waals surface area contributed by atoms with E-state index in [9.17, 15) is 0 Å². The summed E-state index contributed by atoms with van der Waals surface area (Å²) in [7, 11) is 0. The molecule has 1 heterocycles. The zero-order chi connectivity index (χ0) is 31.0. The Kier molecular flexibility index (Phi) is 6.93. The van der Waals surface area contributed by atoms with E-state index in [1.54, 1.807) is 0 Å². The molecule has 0 atom stereocenters. The van der Waals surface area contributed by atoms with Crippen LogP contribution in [0, 0.1) is 0 Å². The van der Waals surface area contributed by atoms with Crippen molar-refractivity contribution in [2.24, 2.45) is 0 Å². The minimum Gasteiger partial charge on any atom is -0.456 e. The van der Waals surface area contributed by atoms with Gasteiger partial charge in [0, 0.05) is 10.8 Å². The van der Waals surface area contributed by atoms with Crippen molar-refractivity contribution in [3.63, 3.8) is 0 Å². The summed E-state index contributed by atoms with van der Waals surface area (Å²) in [6.07, 6.45) is 6.35. The van der Waals surface area contributed by atoms with Gasteiger partial charge in [-0.25, -0.2) is 0 Å². The summed E-state index contributed by atoms with van der Waals surface area (Å²) >= 11 is 0. The predicted octanol–water partition coefficient (Wildman–Crippen LogP) is 12.9. The summed E-state index contributed by atoms with van der Waals surface area (Å²) in [5.74, 6) is 0. The largest absolute Gasteiger partial charge is 0.456 e. The minimum atomic E-state index is 0.871. The second-order valence-electron chi connectivity index (χ2n) is 11.7. The third-order valence-electron chi connectivity index (χ3n) is 8.91. The summed E-state index contributed by atoms with van der Waals surface area (Å²) in [4.78, 5) is 0. The highest BCUT2D eigenvalue weighted by molar-refractivity contribution is 6.25. The lowest BCUT2D eigenvalue weighted by atomic mass is 9.85. The van der Waals surface area contributed by atoms with Gasteiger partial charge in [0.15, 0.2) is 0 Å². The molecule has 0 aliphatic carbocycles. The molecule has 8 aromatic rings. The smallest absolute Gasteiger partial charge is 0.136 e. The lowest BCUT2D eigenvalue weighted by Crippen LogP contribution is -1.91. The summed E-state index contributed by atoms with van der Waals surface area (Å²) in [5.41, 5.74) is 10.9. The molecule has 0 spiro atoms. The highest BCUT2D eigenvalue weighted by Gasteiger charge is 2.20. The van der Waals surface area contributed by atoms with Crippen molar-refractivity contribution < 1.29 is 4.42 Å². The Bertz CT molecular complexity index is 2420. The maximum Gasteiger partial charge on any atom is 0.136 e. The number of furan rings is 1. The zero-order valence-electron chi connectivity index (χ0n) is 25.7. The number of rotatable bonds is 6. The first-order valence-corrected chi connectivity index (χ1v) is 15.7. The number of fused-ring (bicyclic) bond motifs is 5. The monoisotopic (exact) mass is 588 g/mol. The fraction of sp³-hybridized carbons (Fsp3) is 0.0222. The highest BCUT2D eigenvalue weighted by atomic mass is 16.3. The lowest BCUT2D eigenvalue weighted by molar-refractivity contribution is 0.669. The van der Waals surface area contributed by atoms with E-state index >= 15 is 0 Å². The van der Waals surface area contributed by atoms with E-state index in [0.717, 1.165) is 44.2 Å².